The van der Waals surface area contributed by atoms with Gasteiger partial charge in [0, 0.05) is 18.1 Å². The van der Waals surface area contributed by atoms with Crippen molar-refractivity contribution >= 4 is 29.1 Å². The number of halogens is 1. The van der Waals surface area contributed by atoms with Crippen molar-refractivity contribution in [3.63, 3.8) is 0 Å². The van der Waals surface area contributed by atoms with Crippen LogP contribution in [0.5, 0.6) is 5.75 Å². The minimum atomic E-state index is -0.221. The third-order valence-corrected chi connectivity index (χ3v) is 4.71. The molecule has 1 aromatic carbocycles. The number of nitrogens with one attached hydrogen (secondary N) is 1. The molecule has 1 saturated heterocycles. The van der Waals surface area contributed by atoms with Gasteiger partial charge in [-0.2, -0.15) is 0 Å². The Morgan fingerprint density at radius 2 is 1.92 bits per heavy atom. The van der Waals surface area contributed by atoms with Crippen LogP contribution >= 0.6 is 11.6 Å². The van der Waals surface area contributed by atoms with E-state index >= 15 is 0 Å². The van der Waals surface area contributed by atoms with Crippen LogP contribution in [0.3, 0.4) is 0 Å². The van der Waals surface area contributed by atoms with Gasteiger partial charge in [-0.3, -0.25) is 14.5 Å². The molecule has 1 aliphatic heterocycles. The molecule has 0 spiro atoms. The number of rotatable bonds is 6. The molecule has 0 bridgehead atoms. The third-order valence-electron chi connectivity index (χ3n) is 4.48. The molecule has 2 rings (SSSR count). The lowest BCUT2D eigenvalue weighted by molar-refractivity contribution is -0.135. The van der Waals surface area contributed by atoms with E-state index in [4.69, 9.17) is 16.3 Å². The van der Waals surface area contributed by atoms with Crippen molar-refractivity contribution in [1.82, 2.24) is 9.80 Å². The molecule has 1 fully saturated rings. The fourth-order valence-corrected chi connectivity index (χ4v) is 3.64. The van der Waals surface area contributed by atoms with Gasteiger partial charge >= 0.3 is 0 Å². The van der Waals surface area contributed by atoms with Gasteiger partial charge in [0.2, 0.25) is 11.8 Å². The van der Waals surface area contributed by atoms with E-state index in [0.29, 0.717) is 28.3 Å². The van der Waals surface area contributed by atoms with Gasteiger partial charge in [0.15, 0.2) is 0 Å². The van der Waals surface area contributed by atoms with Crippen LogP contribution in [-0.2, 0) is 9.59 Å². The summed E-state index contributed by atoms with van der Waals surface area (Å²) in [6.07, 6.45) is 1.16. The summed E-state index contributed by atoms with van der Waals surface area (Å²) < 4.78 is 5.22. The molecule has 2 unspecified atom stereocenters. The minimum absolute atomic E-state index is 0.0686. The molecule has 0 saturated carbocycles. The van der Waals surface area contributed by atoms with Crippen molar-refractivity contribution in [3.8, 4) is 5.75 Å². The number of carbonyl (C=O) groups excluding carboxylic acids is 2. The molecule has 0 radical (unpaired) electrons. The summed E-state index contributed by atoms with van der Waals surface area (Å²) in [4.78, 5) is 28.4. The molecule has 144 valence electrons. The van der Waals surface area contributed by atoms with E-state index in [2.05, 4.69) is 19.2 Å². The van der Waals surface area contributed by atoms with Crippen LogP contribution < -0.4 is 10.1 Å². The first-order chi connectivity index (χ1) is 12.3. The van der Waals surface area contributed by atoms with Crippen LogP contribution in [0.1, 0.15) is 20.3 Å². The average Bonchev–Trinajstić information content (AvgIpc) is 2.53. The molecule has 1 N–H and O–H groups in total. The first kappa shape index (κ1) is 20.5. The highest BCUT2D eigenvalue weighted by Crippen LogP contribution is 2.27. The van der Waals surface area contributed by atoms with Crippen molar-refractivity contribution in [3.05, 3.63) is 23.2 Å². The number of anilines is 1. The normalized spacial score (nSPS) is 20.2. The zero-order chi connectivity index (χ0) is 19.3. The fourth-order valence-electron chi connectivity index (χ4n) is 3.47. The Bertz CT molecular complexity index is 643. The molecular weight excluding hydrogens is 354 g/mol. The number of ether oxygens (including phenoxy) is 1. The lowest BCUT2D eigenvalue weighted by Crippen LogP contribution is -2.47. The summed E-state index contributed by atoms with van der Waals surface area (Å²) in [6.45, 7) is 6.27. The van der Waals surface area contributed by atoms with Crippen molar-refractivity contribution in [2.75, 3.05) is 45.7 Å². The topological polar surface area (TPSA) is 61.9 Å². The summed E-state index contributed by atoms with van der Waals surface area (Å²) in [7, 11) is 3.30. The van der Waals surface area contributed by atoms with Gasteiger partial charge < -0.3 is 15.0 Å². The average molecular weight is 382 g/mol. The van der Waals surface area contributed by atoms with Crippen molar-refractivity contribution in [2.24, 2.45) is 11.8 Å². The van der Waals surface area contributed by atoms with Gasteiger partial charge in [0.1, 0.15) is 5.75 Å². The molecule has 1 aromatic rings. The molecule has 0 aliphatic carbocycles. The van der Waals surface area contributed by atoms with Gasteiger partial charge in [0.05, 0.1) is 25.9 Å². The van der Waals surface area contributed by atoms with Gasteiger partial charge in [-0.15, -0.1) is 0 Å². The maximum atomic E-state index is 12.5. The van der Waals surface area contributed by atoms with Crippen molar-refractivity contribution in [1.29, 1.82) is 0 Å². The number of hydrogen-bond donors (Lipinski definition) is 1. The Balaban J connectivity index is 1.87. The SMILES string of the molecule is COc1ccc(Cl)cc1NC(=O)CN(C)CC(=O)N1CC(C)CC(C)C1. The molecule has 6 nitrogen and oxygen atoms in total. The maximum absolute atomic E-state index is 12.5. The van der Waals surface area contributed by atoms with E-state index in [-0.39, 0.29) is 24.9 Å². The highest BCUT2D eigenvalue weighted by molar-refractivity contribution is 6.31. The summed E-state index contributed by atoms with van der Waals surface area (Å²) in [5, 5.41) is 3.30. The Kier molecular flexibility index (Phi) is 7.29. The summed E-state index contributed by atoms with van der Waals surface area (Å²) in [5.41, 5.74) is 0.517. The van der Waals surface area contributed by atoms with Crippen LogP contribution in [0.4, 0.5) is 5.69 Å². The second-order valence-corrected chi connectivity index (χ2v) is 7.75. The molecule has 1 heterocycles. The van der Waals surface area contributed by atoms with Crippen molar-refractivity contribution < 1.29 is 14.3 Å². The number of benzene rings is 1. The standard InChI is InChI=1S/C19H28ClN3O3/c1-13-7-14(2)10-23(9-13)19(25)12-22(3)11-18(24)21-16-8-15(20)5-6-17(16)26-4/h5-6,8,13-14H,7,9-12H2,1-4H3,(H,21,24). The molecule has 7 heteroatoms. The predicted molar refractivity (Wildman–Crippen MR) is 104 cm³/mol. The highest BCUT2D eigenvalue weighted by atomic mass is 35.5. The van der Waals surface area contributed by atoms with E-state index in [1.165, 1.54) is 7.11 Å². The van der Waals surface area contributed by atoms with Crippen LogP contribution in [-0.4, -0.2) is 62.0 Å². The van der Waals surface area contributed by atoms with Crippen LogP contribution in [0, 0.1) is 11.8 Å². The zero-order valence-corrected chi connectivity index (χ0v) is 16.7. The number of hydrogen-bond acceptors (Lipinski definition) is 4. The first-order valence-corrected chi connectivity index (χ1v) is 9.26. The predicted octanol–water partition coefficient (Wildman–Crippen LogP) is 2.72. The second kappa shape index (κ2) is 9.24. The first-order valence-electron chi connectivity index (χ1n) is 8.88. The Morgan fingerprint density at radius 3 is 2.54 bits per heavy atom. The van der Waals surface area contributed by atoms with Gasteiger partial charge in [-0.1, -0.05) is 25.4 Å². The molecule has 1 aliphatic rings. The number of piperidine rings is 1. The Morgan fingerprint density at radius 1 is 1.27 bits per heavy atom. The van der Waals surface area contributed by atoms with Crippen LogP contribution in [0.2, 0.25) is 5.02 Å². The number of nitrogens with zero attached hydrogens (tertiary/aromatic N) is 2. The smallest absolute Gasteiger partial charge is 0.238 e. The van der Waals surface area contributed by atoms with Crippen LogP contribution in [0.25, 0.3) is 0 Å². The minimum Gasteiger partial charge on any atom is -0.495 e. The monoisotopic (exact) mass is 381 g/mol. The van der Waals surface area contributed by atoms with E-state index in [1.807, 2.05) is 4.90 Å². The number of likely N-dealkylation sites (N-methyl/N-ethyl adjacent to an activating group) is 1. The lowest BCUT2D eigenvalue weighted by Gasteiger charge is -2.35. The van der Waals surface area contributed by atoms with E-state index in [9.17, 15) is 9.59 Å². The zero-order valence-electron chi connectivity index (χ0n) is 15.9. The molecule has 0 aromatic heterocycles. The van der Waals surface area contributed by atoms with Gasteiger partial charge in [-0.25, -0.2) is 0 Å². The number of likely N-dealkylation sites (tertiary alicyclic amines) is 1. The molecule has 26 heavy (non-hydrogen) atoms. The highest BCUT2D eigenvalue weighted by Gasteiger charge is 2.26. The number of carbonyl (C=O) groups is 2. The maximum Gasteiger partial charge on any atom is 0.238 e. The largest absolute Gasteiger partial charge is 0.495 e. The van der Waals surface area contributed by atoms with E-state index in [1.54, 1.807) is 30.1 Å². The van der Waals surface area contributed by atoms with E-state index < -0.39 is 0 Å². The summed E-state index contributed by atoms with van der Waals surface area (Å²) >= 11 is 5.97. The Labute approximate surface area is 160 Å². The Hall–Kier alpha value is -1.79. The summed E-state index contributed by atoms with van der Waals surface area (Å²) in [6, 6.07) is 5.03. The number of amides is 2. The number of methoxy groups -OCH3 is 1. The van der Waals surface area contributed by atoms with Gasteiger partial charge in [-0.05, 0) is 43.5 Å². The molecule has 2 amide bonds. The van der Waals surface area contributed by atoms with Crippen molar-refractivity contribution in [2.45, 2.75) is 20.3 Å². The lowest BCUT2D eigenvalue weighted by atomic mass is 9.92. The molecular formula is C19H28ClN3O3. The molecule has 2 atom stereocenters. The summed E-state index contributed by atoms with van der Waals surface area (Å²) in [5.74, 6) is 1.43. The van der Waals surface area contributed by atoms with E-state index in [0.717, 1.165) is 19.5 Å². The van der Waals surface area contributed by atoms with Gasteiger partial charge in [0.25, 0.3) is 0 Å². The second-order valence-electron chi connectivity index (χ2n) is 7.31. The quantitative estimate of drug-likeness (QED) is 0.823. The third kappa shape index (κ3) is 5.88. The van der Waals surface area contributed by atoms with Crippen LogP contribution in [0.15, 0.2) is 18.2 Å². The fraction of sp³-hybridized carbons (Fsp3) is 0.579.